The molecule has 2 aromatic rings. The Bertz CT molecular complexity index is 498. The summed E-state index contributed by atoms with van der Waals surface area (Å²) in [6.45, 7) is 7.58. The van der Waals surface area contributed by atoms with Crippen LogP contribution in [0.3, 0.4) is 0 Å². The van der Waals surface area contributed by atoms with Gasteiger partial charge in [-0.25, -0.2) is 0 Å². The molecular formula is C17H23NS. The summed E-state index contributed by atoms with van der Waals surface area (Å²) in [5.41, 5.74) is 4.20. The van der Waals surface area contributed by atoms with Crippen molar-refractivity contribution in [2.75, 3.05) is 0 Å². The van der Waals surface area contributed by atoms with Gasteiger partial charge in [0.1, 0.15) is 0 Å². The molecule has 1 N–H and O–H groups in total. The highest BCUT2D eigenvalue weighted by Crippen LogP contribution is 2.21. The van der Waals surface area contributed by atoms with Gasteiger partial charge in [-0.1, -0.05) is 43.7 Å². The largest absolute Gasteiger partial charge is 0.305 e. The van der Waals surface area contributed by atoms with Gasteiger partial charge in [0.15, 0.2) is 0 Å². The zero-order valence-electron chi connectivity index (χ0n) is 12.1. The van der Waals surface area contributed by atoms with Crippen molar-refractivity contribution < 1.29 is 0 Å². The van der Waals surface area contributed by atoms with Crippen LogP contribution in [0.25, 0.3) is 0 Å². The number of nitrogens with one attached hydrogen (secondary N) is 1. The van der Waals surface area contributed by atoms with Crippen LogP contribution in [0, 0.1) is 6.92 Å². The van der Waals surface area contributed by atoms with E-state index in [4.69, 9.17) is 0 Å². The van der Waals surface area contributed by atoms with E-state index in [2.05, 4.69) is 61.8 Å². The molecule has 1 aromatic heterocycles. The minimum absolute atomic E-state index is 0.451. The highest BCUT2D eigenvalue weighted by atomic mass is 32.1. The Labute approximate surface area is 120 Å². The fourth-order valence-electron chi connectivity index (χ4n) is 2.35. The van der Waals surface area contributed by atoms with Crippen LogP contribution in [-0.4, -0.2) is 0 Å². The van der Waals surface area contributed by atoms with E-state index in [0.717, 1.165) is 19.4 Å². The van der Waals surface area contributed by atoms with E-state index < -0.39 is 0 Å². The Morgan fingerprint density at radius 1 is 1.11 bits per heavy atom. The van der Waals surface area contributed by atoms with Crippen LogP contribution in [0.1, 0.15) is 47.9 Å². The molecule has 0 aliphatic carbocycles. The van der Waals surface area contributed by atoms with Crippen molar-refractivity contribution in [1.29, 1.82) is 0 Å². The van der Waals surface area contributed by atoms with Gasteiger partial charge in [0.05, 0.1) is 0 Å². The Hall–Kier alpha value is -1.12. The highest BCUT2D eigenvalue weighted by molar-refractivity contribution is 7.10. The fourth-order valence-corrected chi connectivity index (χ4v) is 3.28. The topological polar surface area (TPSA) is 12.0 Å². The number of benzene rings is 1. The van der Waals surface area contributed by atoms with Crippen molar-refractivity contribution >= 4 is 11.3 Å². The molecule has 1 aromatic carbocycles. The minimum atomic E-state index is 0.451. The van der Waals surface area contributed by atoms with Crippen LogP contribution < -0.4 is 5.32 Å². The first-order valence-electron chi connectivity index (χ1n) is 7.09. The lowest BCUT2D eigenvalue weighted by atomic mass is 10.0. The van der Waals surface area contributed by atoms with Gasteiger partial charge in [-0.05, 0) is 42.3 Å². The van der Waals surface area contributed by atoms with E-state index in [1.165, 1.54) is 21.6 Å². The SMILES string of the molecule is CCc1ccsc1CNC(CC)c1ccc(C)cc1. The van der Waals surface area contributed by atoms with Crippen LogP contribution in [-0.2, 0) is 13.0 Å². The van der Waals surface area contributed by atoms with Crippen molar-refractivity contribution in [1.82, 2.24) is 5.32 Å². The van der Waals surface area contributed by atoms with Gasteiger partial charge < -0.3 is 5.32 Å². The Kier molecular flexibility index (Phi) is 5.17. The second kappa shape index (κ2) is 6.88. The Morgan fingerprint density at radius 2 is 1.84 bits per heavy atom. The molecule has 0 amide bonds. The lowest BCUT2D eigenvalue weighted by molar-refractivity contribution is 0.521. The van der Waals surface area contributed by atoms with E-state index in [1.54, 1.807) is 0 Å². The summed E-state index contributed by atoms with van der Waals surface area (Å²) >= 11 is 1.86. The maximum absolute atomic E-state index is 3.69. The van der Waals surface area contributed by atoms with Gasteiger partial charge in [0, 0.05) is 17.5 Å². The van der Waals surface area contributed by atoms with Gasteiger partial charge in [-0.15, -0.1) is 11.3 Å². The summed E-state index contributed by atoms with van der Waals surface area (Å²) in [7, 11) is 0. The maximum atomic E-state index is 3.69. The first-order valence-corrected chi connectivity index (χ1v) is 7.97. The van der Waals surface area contributed by atoms with Crippen LogP contribution in [0.4, 0.5) is 0 Å². The van der Waals surface area contributed by atoms with Gasteiger partial charge in [-0.3, -0.25) is 0 Å². The van der Waals surface area contributed by atoms with Crippen LogP contribution in [0.15, 0.2) is 35.7 Å². The van der Waals surface area contributed by atoms with Gasteiger partial charge in [0.2, 0.25) is 0 Å². The van der Waals surface area contributed by atoms with E-state index in [9.17, 15) is 0 Å². The molecule has 0 fully saturated rings. The highest BCUT2D eigenvalue weighted by Gasteiger charge is 2.10. The lowest BCUT2D eigenvalue weighted by Gasteiger charge is -2.17. The second-order valence-corrected chi connectivity index (χ2v) is 5.98. The van der Waals surface area contributed by atoms with Crippen LogP contribution in [0.5, 0.6) is 0 Å². The lowest BCUT2D eigenvalue weighted by Crippen LogP contribution is -2.20. The third-order valence-electron chi connectivity index (χ3n) is 3.62. The predicted molar refractivity (Wildman–Crippen MR) is 84.7 cm³/mol. The molecule has 0 spiro atoms. The summed E-state index contributed by atoms with van der Waals surface area (Å²) in [5, 5.41) is 5.89. The molecule has 19 heavy (non-hydrogen) atoms. The summed E-state index contributed by atoms with van der Waals surface area (Å²) in [5.74, 6) is 0. The van der Waals surface area contributed by atoms with E-state index in [-0.39, 0.29) is 0 Å². The summed E-state index contributed by atoms with van der Waals surface area (Å²) < 4.78 is 0. The Balaban J connectivity index is 2.01. The van der Waals surface area contributed by atoms with E-state index in [1.807, 2.05) is 11.3 Å². The fraction of sp³-hybridized carbons (Fsp3) is 0.412. The number of thiophene rings is 1. The molecule has 0 bridgehead atoms. The van der Waals surface area contributed by atoms with E-state index in [0.29, 0.717) is 6.04 Å². The third-order valence-corrected chi connectivity index (χ3v) is 4.58. The van der Waals surface area contributed by atoms with Gasteiger partial charge in [0.25, 0.3) is 0 Å². The average Bonchev–Trinajstić information content (AvgIpc) is 2.89. The van der Waals surface area contributed by atoms with Crippen LogP contribution in [0.2, 0.25) is 0 Å². The van der Waals surface area contributed by atoms with Gasteiger partial charge >= 0.3 is 0 Å². The molecule has 2 rings (SSSR count). The summed E-state index contributed by atoms with van der Waals surface area (Å²) in [4.78, 5) is 1.48. The third kappa shape index (κ3) is 3.68. The average molecular weight is 273 g/mol. The molecule has 0 saturated heterocycles. The second-order valence-electron chi connectivity index (χ2n) is 4.97. The van der Waals surface area contributed by atoms with Crippen molar-refractivity contribution in [2.45, 2.75) is 46.2 Å². The standard InChI is InChI=1S/C17H23NS/c1-4-14-10-11-19-17(14)12-18-16(5-2)15-8-6-13(3)7-9-15/h6-11,16,18H,4-5,12H2,1-3H3. The number of hydrogen-bond acceptors (Lipinski definition) is 2. The molecular weight excluding hydrogens is 250 g/mol. The normalized spacial score (nSPS) is 12.6. The first-order chi connectivity index (χ1) is 9.24. The monoisotopic (exact) mass is 273 g/mol. The smallest absolute Gasteiger partial charge is 0.0320 e. The number of aryl methyl sites for hydroxylation is 2. The minimum Gasteiger partial charge on any atom is -0.305 e. The summed E-state index contributed by atoms with van der Waals surface area (Å²) in [6.07, 6.45) is 2.25. The molecule has 0 saturated carbocycles. The van der Waals surface area contributed by atoms with Crippen molar-refractivity contribution in [2.24, 2.45) is 0 Å². The molecule has 102 valence electrons. The molecule has 1 heterocycles. The molecule has 0 aliphatic rings. The quantitative estimate of drug-likeness (QED) is 0.792. The number of rotatable bonds is 6. The Morgan fingerprint density at radius 3 is 2.47 bits per heavy atom. The van der Waals surface area contributed by atoms with Gasteiger partial charge in [-0.2, -0.15) is 0 Å². The first kappa shape index (κ1) is 14.3. The maximum Gasteiger partial charge on any atom is 0.0320 e. The molecule has 0 radical (unpaired) electrons. The molecule has 2 heteroatoms. The van der Waals surface area contributed by atoms with Crippen LogP contribution >= 0.6 is 11.3 Å². The zero-order valence-corrected chi connectivity index (χ0v) is 12.9. The molecule has 1 nitrogen and oxygen atoms in total. The zero-order chi connectivity index (χ0) is 13.7. The molecule has 0 aliphatic heterocycles. The van der Waals surface area contributed by atoms with E-state index >= 15 is 0 Å². The van der Waals surface area contributed by atoms with Crippen molar-refractivity contribution in [3.63, 3.8) is 0 Å². The predicted octanol–water partition coefficient (Wildman–Crippen LogP) is 4.86. The number of hydrogen-bond donors (Lipinski definition) is 1. The van der Waals surface area contributed by atoms with Crippen molar-refractivity contribution in [3.8, 4) is 0 Å². The molecule has 1 atom stereocenters. The molecule has 1 unspecified atom stereocenters. The van der Waals surface area contributed by atoms with Crippen molar-refractivity contribution in [3.05, 3.63) is 57.3 Å². The summed E-state index contributed by atoms with van der Waals surface area (Å²) in [6, 6.07) is 11.6.